The topological polar surface area (TPSA) is 38.0 Å². The fourth-order valence-corrected chi connectivity index (χ4v) is 1.59. The summed E-state index contributed by atoms with van der Waals surface area (Å²) < 4.78 is 49.6. The number of benzene rings is 2. The first-order valence-electron chi connectivity index (χ1n) is 7.74. The standard InChI is InChI=1S/C9H11F2N.C7H7F2N.C2H5Br/c1-2-12-6-7-3-4-8(10)9(11)5-7;8-6-2-1-5(4-10)3-7(6)9;1-2-3/h3-5,12H,2,6H2,1H3;1-3H,4,10H2;2H2,1H3. The number of halogens is 5. The van der Waals surface area contributed by atoms with Crippen LogP contribution in [0.3, 0.4) is 0 Å². The maximum absolute atomic E-state index is 12.6. The second kappa shape index (κ2) is 13.8. The maximum atomic E-state index is 12.6. The van der Waals surface area contributed by atoms with Crippen LogP contribution in [0.1, 0.15) is 25.0 Å². The van der Waals surface area contributed by atoms with Gasteiger partial charge in [0.15, 0.2) is 23.3 Å². The molecule has 0 fully saturated rings. The summed E-state index contributed by atoms with van der Waals surface area (Å²) in [6, 6.07) is 7.53. The largest absolute Gasteiger partial charge is 0.326 e. The summed E-state index contributed by atoms with van der Waals surface area (Å²) in [5.74, 6) is -3.26. The molecule has 2 aromatic carbocycles. The number of nitrogens with one attached hydrogen (secondary N) is 1. The first-order chi connectivity index (χ1) is 11.9. The van der Waals surface area contributed by atoms with Crippen molar-refractivity contribution in [1.82, 2.24) is 5.32 Å². The Morgan fingerprint density at radius 1 is 0.840 bits per heavy atom. The Hall–Kier alpha value is -1.44. The van der Waals surface area contributed by atoms with Gasteiger partial charge in [0.25, 0.3) is 0 Å². The molecule has 0 atom stereocenters. The van der Waals surface area contributed by atoms with Gasteiger partial charge in [0.05, 0.1) is 0 Å². The lowest BCUT2D eigenvalue weighted by Gasteiger charge is -2.01. The highest BCUT2D eigenvalue weighted by Gasteiger charge is 2.01. The summed E-state index contributed by atoms with van der Waals surface area (Å²) in [5.41, 5.74) is 6.54. The molecule has 3 N–H and O–H groups in total. The molecule has 2 nitrogen and oxygen atoms in total. The van der Waals surface area contributed by atoms with Gasteiger partial charge in [0.1, 0.15) is 0 Å². The monoisotopic (exact) mass is 422 g/mol. The van der Waals surface area contributed by atoms with Gasteiger partial charge in [-0.3, -0.25) is 0 Å². The highest BCUT2D eigenvalue weighted by Crippen LogP contribution is 2.08. The third-order valence-corrected chi connectivity index (χ3v) is 2.78. The average molecular weight is 423 g/mol. The van der Waals surface area contributed by atoms with Crippen molar-refractivity contribution >= 4 is 15.9 Å². The van der Waals surface area contributed by atoms with E-state index in [1.54, 1.807) is 6.07 Å². The number of hydrogen-bond acceptors (Lipinski definition) is 2. The van der Waals surface area contributed by atoms with E-state index in [0.717, 1.165) is 35.6 Å². The summed E-state index contributed by atoms with van der Waals surface area (Å²) in [4.78, 5) is 0. The van der Waals surface area contributed by atoms with Gasteiger partial charge in [-0.05, 0) is 41.9 Å². The molecule has 0 aliphatic heterocycles. The molecular formula is C18H23BrF4N2. The van der Waals surface area contributed by atoms with E-state index in [1.165, 1.54) is 12.1 Å². The normalized spacial score (nSPS) is 9.60. The molecule has 2 aromatic rings. The number of hydrogen-bond donors (Lipinski definition) is 2. The Morgan fingerprint density at radius 2 is 1.28 bits per heavy atom. The molecule has 0 saturated carbocycles. The quantitative estimate of drug-likeness (QED) is 0.543. The van der Waals surface area contributed by atoms with Crippen LogP contribution in [0.5, 0.6) is 0 Å². The van der Waals surface area contributed by atoms with E-state index in [1.807, 2.05) is 13.8 Å². The van der Waals surface area contributed by atoms with Crippen LogP contribution >= 0.6 is 15.9 Å². The fourth-order valence-electron chi connectivity index (χ4n) is 1.59. The van der Waals surface area contributed by atoms with Gasteiger partial charge in [-0.1, -0.05) is 41.9 Å². The van der Waals surface area contributed by atoms with Gasteiger partial charge in [-0.2, -0.15) is 0 Å². The molecule has 0 aromatic heterocycles. The molecule has 2 rings (SSSR count). The molecular weight excluding hydrogens is 400 g/mol. The summed E-state index contributed by atoms with van der Waals surface area (Å²) in [6.45, 7) is 5.63. The first kappa shape index (κ1) is 23.6. The van der Waals surface area contributed by atoms with Gasteiger partial charge in [0, 0.05) is 18.4 Å². The third kappa shape index (κ3) is 10.2. The molecule has 7 heteroatoms. The minimum Gasteiger partial charge on any atom is -0.326 e. The Bertz CT molecular complexity index is 624. The van der Waals surface area contributed by atoms with Crippen molar-refractivity contribution in [2.45, 2.75) is 26.9 Å². The van der Waals surface area contributed by atoms with Crippen molar-refractivity contribution in [2.75, 3.05) is 11.9 Å². The fraction of sp³-hybridized carbons (Fsp3) is 0.333. The average Bonchev–Trinajstić information content (AvgIpc) is 2.59. The van der Waals surface area contributed by atoms with Crippen LogP contribution in [0.15, 0.2) is 36.4 Å². The molecule has 0 heterocycles. The Labute approximate surface area is 154 Å². The maximum Gasteiger partial charge on any atom is 0.159 e. The Morgan fingerprint density at radius 3 is 1.68 bits per heavy atom. The van der Waals surface area contributed by atoms with Crippen LogP contribution in [0.25, 0.3) is 0 Å². The van der Waals surface area contributed by atoms with E-state index >= 15 is 0 Å². The molecule has 0 unspecified atom stereocenters. The van der Waals surface area contributed by atoms with Crippen LogP contribution in [0.2, 0.25) is 0 Å². The van der Waals surface area contributed by atoms with E-state index in [0.29, 0.717) is 12.1 Å². The molecule has 0 bridgehead atoms. The molecule has 140 valence electrons. The minimum absolute atomic E-state index is 0.233. The molecule has 0 aliphatic rings. The number of alkyl halides is 1. The van der Waals surface area contributed by atoms with Crippen LogP contribution in [-0.2, 0) is 13.1 Å². The van der Waals surface area contributed by atoms with Crippen LogP contribution < -0.4 is 11.1 Å². The second-order valence-electron chi connectivity index (χ2n) is 4.75. The number of nitrogens with two attached hydrogens (primary N) is 1. The van der Waals surface area contributed by atoms with Crippen molar-refractivity contribution < 1.29 is 17.6 Å². The third-order valence-electron chi connectivity index (χ3n) is 2.78. The Kier molecular flexibility index (Phi) is 13.0. The van der Waals surface area contributed by atoms with Crippen LogP contribution in [0, 0.1) is 23.3 Å². The van der Waals surface area contributed by atoms with Crippen molar-refractivity contribution in [3.8, 4) is 0 Å². The van der Waals surface area contributed by atoms with Crippen LogP contribution in [-0.4, -0.2) is 11.9 Å². The van der Waals surface area contributed by atoms with Crippen molar-refractivity contribution in [1.29, 1.82) is 0 Å². The van der Waals surface area contributed by atoms with Crippen molar-refractivity contribution in [2.24, 2.45) is 5.73 Å². The lowest BCUT2D eigenvalue weighted by atomic mass is 10.2. The first-order valence-corrected chi connectivity index (χ1v) is 8.86. The van der Waals surface area contributed by atoms with Gasteiger partial charge in [-0.25, -0.2) is 17.6 Å². The van der Waals surface area contributed by atoms with Gasteiger partial charge < -0.3 is 11.1 Å². The summed E-state index contributed by atoms with van der Waals surface area (Å²) in [5, 5.41) is 4.08. The lowest BCUT2D eigenvalue weighted by molar-refractivity contribution is 0.506. The molecule has 0 aliphatic carbocycles. The molecule has 25 heavy (non-hydrogen) atoms. The summed E-state index contributed by atoms with van der Waals surface area (Å²) >= 11 is 3.15. The van der Waals surface area contributed by atoms with Gasteiger partial charge in [-0.15, -0.1) is 0 Å². The second-order valence-corrected chi connectivity index (χ2v) is 5.87. The zero-order valence-corrected chi connectivity index (χ0v) is 15.8. The smallest absolute Gasteiger partial charge is 0.159 e. The van der Waals surface area contributed by atoms with E-state index < -0.39 is 23.3 Å². The van der Waals surface area contributed by atoms with Gasteiger partial charge in [0.2, 0.25) is 0 Å². The zero-order valence-electron chi connectivity index (χ0n) is 14.3. The van der Waals surface area contributed by atoms with E-state index in [2.05, 4.69) is 21.2 Å². The van der Waals surface area contributed by atoms with Crippen LogP contribution in [0.4, 0.5) is 17.6 Å². The predicted octanol–water partition coefficient (Wildman–Crippen LogP) is 4.90. The summed E-state index contributed by atoms with van der Waals surface area (Å²) in [7, 11) is 0. The van der Waals surface area contributed by atoms with Crippen molar-refractivity contribution in [3.05, 3.63) is 70.8 Å². The van der Waals surface area contributed by atoms with E-state index in [-0.39, 0.29) is 6.54 Å². The Balaban J connectivity index is 0.000000403. The highest BCUT2D eigenvalue weighted by molar-refractivity contribution is 9.09. The minimum atomic E-state index is -0.844. The molecule has 0 amide bonds. The van der Waals surface area contributed by atoms with E-state index in [9.17, 15) is 17.6 Å². The predicted molar refractivity (Wildman–Crippen MR) is 97.5 cm³/mol. The number of rotatable bonds is 4. The lowest BCUT2D eigenvalue weighted by Crippen LogP contribution is -2.11. The zero-order chi connectivity index (χ0) is 19.2. The molecule has 0 saturated heterocycles. The molecule has 0 spiro atoms. The molecule has 0 radical (unpaired) electrons. The van der Waals surface area contributed by atoms with E-state index in [4.69, 9.17) is 5.73 Å². The SMILES string of the molecule is CCBr.CCNCc1ccc(F)c(F)c1.NCc1ccc(F)c(F)c1. The highest BCUT2D eigenvalue weighted by atomic mass is 79.9. The van der Waals surface area contributed by atoms with Crippen molar-refractivity contribution in [3.63, 3.8) is 0 Å². The summed E-state index contributed by atoms with van der Waals surface area (Å²) in [6.07, 6.45) is 0. The van der Waals surface area contributed by atoms with Gasteiger partial charge >= 0.3 is 0 Å².